The lowest BCUT2D eigenvalue weighted by molar-refractivity contribution is 0.962. The summed E-state index contributed by atoms with van der Waals surface area (Å²) >= 11 is 0. The Labute approximate surface area is 124 Å². The summed E-state index contributed by atoms with van der Waals surface area (Å²) in [6.07, 6.45) is 4.31. The summed E-state index contributed by atoms with van der Waals surface area (Å²) in [6.45, 7) is 0. The number of nitrogens with zero attached hydrogens (tertiary/aromatic N) is 1. The van der Waals surface area contributed by atoms with Crippen molar-refractivity contribution in [2.75, 3.05) is 0 Å². The first-order valence-electron chi connectivity index (χ1n) is 7.43. The Balaban J connectivity index is 1.78. The molecule has 0 bridgehead atoms. The molecule has 0 amide bonds. The van der Waals surface area contributed by atoms with E-state index in [1.54, 1.807) is 0 Å². The average molecular weight is 271 g/mol. The van der Waals surface area contributed by atoms with Gasteiger partial charge in [-0.3, -0.25) is 0 Å². The van der Waals surface area contributed by atoms with Gasteiger partial charge in [0.2, 0.25) is 0 Å². The molecule has 0 atom stereocenters. The van der Waals surface area contributed by atoms with Crippen molar-refractivity contribution in [1.29, 1.82) is 0 Å². The van der Waals surface area contributed by atoms with Crippen LogP contribution in [0.4, 0.5) is 0 Å². The van der Waals surface area contributed by atoms with E-state index in [-0.39, 0.29) is 0 Å². The van der Waals surface area contributed by atoms with Crippen LogP contribution in [0.1, 0.15) is 11.1 Å². The second kappa shape index (κ2) is 5.10. The highest BCUT2D eigenvalue weighted by molar-refractivity contribution is 5.84. The van der Waals surface area contributed by atoms with Crippen molar-refractivity contribution >= 4 is 16.4 Å². The summed E-state index contributed by atoms with van der Waals surface area (Å²) in [4.78, 5) is 0. The Morgan fingerprint density at radius 3 is 2.33 bits per heavy atom. The van der Waals surface area contributed by atoms with Crippen molar-refractivity contribution in [3.63, 3.8) is 0 Å². The first-order chi connectivity index (χ1) is 10.4. The number of hydrogen-bond acceptors (Lipinski definition) is 0. The van der Waals surface area contributed by atoms with Gasteiger partial charge in [-0.2, -0.15) is 0 Å². The predicted octanol–water partition coefficient (Wildman–Crippen LogP) is 4.88. The smallest absolute Gasteiger partial charge is 0.0528 e. The average Bonchev–Trinajstić information content (AvgIpc) is 3.04. The number of benzene rings is 2. The van der Waals surface area contributed by atoms with Crippen LogP contribution >= 0.6 is 0 Å². The van der Waals surface area contributed by atoms with Crippen molar-refractivity contribution in [1.82, 2.24) is 4.40 Å². The van der Waals surface area contributed by atoms with Crippen LogP contribution in [0.3, 0.4) is 0 Å². The van der Waals surface area contributed by atoms with Crippen molar-refractivity contribution in [3.05, 3.63) is 90.1 Å². The Kier molecular flexibility index (Phi) is 2.97. The zero-order valence-corrected chi connectivity index (χ0v) is 11.9. The maximum absolute atomic E-state index is 2.34. The van der Waals surface area contributed by atoms with Crippen LogP contribution in [-0.4, -0.2) is 4.40 Å². The van der Waals surface area contributed by atoms with Crippen LogP contribution in [0.15, 0.2) is 79.0 Å². The molecule has 0 aliphatic rings. The molecular weight excluding hydrogens is 254 g/mol. The van der Waals surface area contributed by atoms with E-state index in [1.807, 2.05) is 0 Å². The molecule has 2 heterocycles. The van der Waals surface area contributed by atoms with E-state index in [0.717, 1.165) is 12.8 Å². The summed E-state index contributed by atoms with van der Waals surface area (Å²) in [7, 11) is 0. The van der Waals surface area contributed by atoms with Gasteiger partial charge in [-0.15, -0.1) is 0 Å². The quantitative estimate of drug-likeness (QED) is 0.500. The molecule has 2 aromatic heterocycles. The van der Waals surface area contributed by atoms with Gasteiger partial charge in [-0.1, -0.05) is 48.5 Å². The first-order valence-corrected chi connectivity index (χ1v) is 7.43. The van der Waals surface area contributed by atoms with Gasteiger partial charge in [0.05, 0.1) is 5.52 Å². The highest BCUT2D eigenvalue weighted by atomic mass is 14.9. The summed E-state index contributed by atoms with van der Waals surface area (Å²) in [6, 6.07) is 26.0. The van der Waals surface area contributed by atoms with E-state index in [9.17, 15) is 0 Å². The third-order valence-electron chi connectivity index (χ3n) is 4.13. The lowest BCUT2D eigenvalue weighted by Crippen LogP contribution is -1.96. The molecule has 0 radical (unpaired) electrons. The molecule has 0 aliphatic heterocycles. The highest BCUT2D eigenvalue weighted by Crippen LogP contribution is 2.23. The summed E-state index contributed by atoms with van der Waals surface area (Å²) in [5.41, 5.74) is 5.42. The van der Waals surface area contributed by atoms with Gasteiger partial charge in [0.1, 0.15) is 0 Å². The fourth-order valence-corrected chi connectivity index (χ4v) is 3.07. The van der Waals surface area contributed by atoms with Crippen molar-refractivity contribution < 1.29 is 0 Å². The minimum Gasteiger partial charge on any atom is -0.316 e. The van der Waals surface area contributed by atoms with Crippen molar-refractivity contribution in [3.8, 4) is 0 Å². The number of aryl methyl sites for hydroxylation is 2. The fourth-order valence-electron chi connectivity index (χ4n) is 3.07. The molecule has 4 rings (SSSR count). The number of hydrogen-bond donors (Lipinski definition) is 0. The van der Waals surface area contributed by atoms with Gasteiger partial charge in [-0.05, 0) is 53.6 Å². The number of rotatable bonds is 3. The standard InChI is InChI=1S/C20H17N/c1-2-7-16(8-3-1)12-13-18-15-17-9-4-5-10-19(17)21-14-6-11-20(18)21/h1-11,14-15H,12-13H2. The second-order valence-corrected chi connectivity index (χ2v) is 5.48. The van der Waals surface area contributed by atoms with Gasteiger partial charge in [-0.25, -0.2) is 0 Å². The predicted molar refractivity (Wildman–Crippen MR) is 88.8 cm³/mol. The third-order valence-corrected chi connectivity index (χ3v) is 4.13. The number of pyridine rings is 1. The molecular formula is C20H17N. The van der Waals surface area contributed by atoms with Gasteiger partial charge >= 0.3 is 0 Å². The van der Waals surface area contributed by atoms with E-state index >= 15 is 0 Å². The van der Waals surface area contributed by atoms with Crippen LogP contribution in [0.25, 0.3) is 16.4 Å². The maximum Gasteiger partial charge on any atom is 0.0528 e. The maximum atomic E-state index is 2.34. The number of aromatic nitrogens is 1. The summed E-state index contributed by atoms with van der Waals surface area (Å²) in [5, 5.41) is 1.31. The van der Waals surface area contributed by atoms with E-state index in [4.69, 9.17) is 0 Å². The SMILES string of the molecule is c1ccc(CCc2cc3ccccc3n3cccc23)cc1. The Bertz CT molecular complexity index is 887. The molecule has 0 N–H and O–H groups in total. The minimum atomic E-state index is 1.07. The van der Waals surface area contributed by atoms with Crippen LogP contribution in [0.5, 0.6) is 0 Å². The van der Waals surface area contributed by atoms with E-state index in [0.29, 0.717) is 0 Å². The monoisotopic (exact) mass is 271 g/mol. The zero-order valence-electron chi connectivity index (χ0n) is 11.9. The molecule has 0 saturated heterocycles. The van der Waals surface area contributed by atoms with Crippen LogP contribution < -0.4 is 0 Å². The Hall–Kier alpha value is -2.54. The van der Waals surface area contributed by atoms with Crippen molar-refractivity contribution in [2.24, 2.45) is 0 Å². The third kappa shape index (κ3) is 2.21. The highest BCUT2D eigenvalue weighted by Gasteiger charge is 2.06. The van der Waals surface area contributed by atoms with E-state index in [1.165, 1.54) is 27.5 Å². The minimum absolute atomic E-state index is 1.07. The van der Waals surface area contributed by atoms with Gasteiger partial charge in [0, 0.05) is 11.7 Å². The molecule has 4 aromatic rings. The van der Waals surface area contributed by atoms with E-state index in [2.05, 4.69) is 83.4 Å². The molecule has 0 unspecified atom stereocenters. The van der Waals surface area contributed by atoms with Crippen molar-refractivity contribution in [2.45, 2.75) is 12.8 Å². The van der Waals surface area contributed by atoms with Crippen LogP contribution in [0, 0.1) is 0 Å². The molecule has 2 aromatic carbocycles. The number of fused-ring (bicyclic) bond motifs is 3. The Morgan fingerprint density at radius 2 is 1.43 bits per heavy atom. The molecule has 1 heteroatoms. The molecule has 1 nitrogen and oxygen atoms in total. The molecule has 102 valence electrons. The van der Waals surface area contributed by atoms with Crippen LogP contribution in [-0.2, 0) is 12.8 Å². The van der Waals surface area contributed by atoms with Gasteiger partial charge in [0.25, 0.3) is 0 Å². The molecule has 0 saturated carbocycles. The lowest BCUT2D eigenvalue weighted by atomic mass is 10.0. The molecule has 21 heavy (non-hydrogen) atoms. The topological polar surface area (TPSA) is 4.41 Å². The summed E-state index contributed by atoms with van der Waals surface area (Å²) in [5.74, 6) is 0. The fraction of sp³-hybridized carbons (Fsp3) is 0.100. The normalized spacial score (nSPS) is 11.2. The van der Waals surface area contributed by atoms with Gasteiger partial charge < -0.3 is 4.40 Å². The zero-order chi connectivity index (χ0) is 14.1. The largest absolute Gasteiger partial charge is 0.316 e. The lowest BCUT2D eigenvalue weighted by Gasteiger charge is -2.09. The van der Waals surface area contributed by atoms with E-state index < -0.39 is 0 Å². The second-order valence-electron chi connectivity index (χ2n) is 5.48. The Morgan fingerprint density at radius 1 is 0.667 bits per heavy atom. The van der Waals surface area contributed by atoms with Crippen LogP contribution in [0.2, 0.25) is 0 Å². The first kappa shape index (κ1) is 12.2. The number of para-hydroxylation sites is 1. The summed E-state index contributed by atoms with van der Waals surface area (Å²) < 4.78 is 2.30. The van der Waals surface area contributed by atoms with Gasteiger partial charge in [0.15, 0.2) is 0 Å². The molecule has 0 fully saturated rings. The molecule has 0 aliphatic carbocycles. The molecule has 0 spiro atoms.